The number of hydrogen-bond acceptors (Lipinski definition) is 27. The van der Waals surface area contributed by atoms with Gasteiger partial charge in [0.1, 0.15) is 13.2 Å². The minimum Gasteiger partial charge on any atom is -0.459 e. The molecule has 29 nitrogen and oxygen atoms in total. The molecule has 2 N–H and O–H groups in total. The number of unbranched alkanes of at least 4 members (excludes halogenated alkanes) is 21. The quantitative estimate of drug-likeness (QED) is 0.0247. The molecule has 29 heteroatoms. The molecule has 2 fully saturated rings. The Kier molecular flexibility index (Phi) is 104. The summed E-state index contributed by atoms with van der Waals surface area (Å²) in [6.45, 7) is 36.2. The van der Waals surface area contributed by atoms with Gasteiger partial charge in [-0.05, 0) is 339 Å². The summed E-state index contributed by atoms with van der Waals surface area (Å²) in [5, 5.41) is 6.02. The molecule has 0 aromatic carbocycles. The molecular formula is C105H202N2O27. The number of carbonyl (C=O) groups excluding carboxylic acids is 3. The van der Waals surface area contributed by atoms with E-state index in [2.05, 4.69) is 17.2 Å². The van der Waals surface area contributed by atoms with E-state index in [0.717, 1.165) is 591 Å². The molecule has 0 bridgehead atoms. The van der Waals surface area contributed by atoms with Crippen molar-refractivity contribution in [1.29, 1.82) is 0 Å². The van der Waals surface area contributed by atoms with Crippen LogP contribution in [0, 0.1) is 11.8 Å². The Bertz CT molecular complexity index is 2300. The number of nitrogens with one attached hydrogen (secondary N) is 2. The monoisotopic (exact) mass is 1920 g/mol. The minimum atomic E-state index is -0.535. The van der Waals surface area contributed by atoms with Gasteiger partial charge in [0.05, 0.1) is 6.61 Å². The third-order valence-electron chi connectivity index (χ3n) is 23.3. The molecule has 0 spiro atoms. The highest BCUT2D eigenvalue weighted by Crippen LogP contribution is 2.36. The van der Waals surface area contributed by atoms with E-state index < -0.39 is 12.1 Å². The van der Waals surface area contributed by atoms with Crippen molar-refractivity contribution in [3.63, 3.8) is 0 Å². The van der Waals surface area contributed by atoms with Gasteiger partial charge in [-0.1, -0.05) is 6.58 Å². The predicted molar refractivity (Wildman–Crippen MR) is 528 cm³/mol. The van der Waals surface area contributed by atoms with Crippen molar-refractivity contribution in [1.82, 2.24) is 10.6 Å². The number of carbonyl (C=O) groups is 3. The summed E-state index contributed by atoms with van der Waals surface area (Å²) in [4.78, 5) is 35.6. The van der Waals surface area contributed by atoms with E-state index in [9.17, 15) is 14.4 Å². The van der Waals surface area contributed by atoms with E-state index >= 15 is 0 Å². The van der Waals surface area contributed by atoms with Crippen LogP contribution in [0.25, 0.3) is 0 Å². The number of esters is 1. The summed E-state index contributed by atoms with van der Waals surface area (Å²) < 4.78 is 136. The molecule has 0 saturated heterocycles. The van der Waals surface area contributed by atoms with Crippen LogP contribution >= 0.6 is 0 Å². The second kappa shape index (κ2) is 110. The molecule has 2 amide bonds. The lowest BCUT2D eigenvalue weighted by Crippen LogP contribution is -2.39. The van der Waals surface area contributed by atoms with Gasteiger partial charge in [-0.25, -0.2) is 14.4 Å². The zero-order valence-corrected chi connectivity index (χ0v) is 85.3. The van der Waals surface area contributed by atoms with Crippen molar-refractivity contribution in [3.8, 4) is 0 Å². The van der Waals surface area contributed by atoms with E-state index in [1.165, 1.54) is 6.42 Å². The standard InChI is InChI=1S/C105H202N2O27/c1-3-103(108)132-96-97-134-105(110)107-102-52-48-100(49-53-102)98-99-46-50-101(51-47-99)106-104(109)133-95-45-44-94-131-93-43-42-92-130-91-41-40-90-129-89-39-38-88-128-87-37-36-86-127-85-35-34-84-126-83-33-32-82-125-81-31-30-80-124-79-29-28-78-123-77-27-26-76-122-75-25-24-74-121-73-23-22-72-120-71-21-20-70-119-69-19-18-68-118-67-17-16-66-117-65-15-14-64-116-63-13-12-62-115-61-11-10-60-114-59-9-8-58-113-57-7-6-56-112-55-5-4-54-111-2/h3,99-102H,1,4-98H2,2H3,(H,106,109)(H,107,110). The number of rotatable bonds is 113. The molecule has 2 rings (SSSR count). The van der Waals surface area contributed by atoms with Gasteiger partial charge >= 0.3 is 18.2 Å². The first-order valence-corrected chi connectivity index (χ1v) is 54.2. The van der Waals surface area contributed by atoms with Gasteiger partial charge in [-0.15, -0.1) is 0 Å². The number of alkyl carbamates (subject to hydrolysis) is 2. The molecule has 794 valence electrons. The Morgan fingerprint density at radius 1 is 0.194 bits per heavy atom. The third kappa shape index (κ3) is 100. The molecule has 2 aliphatic carbocycles. The fraction of sp³-hybridized carbons (Fsp3) is 0.952. The highest BCUT2D eigenvalue weighted by Gasteiger charge is 2.29. The van der Waals surface area contributed by atoms with Crippen molar-refractivity contribution >= 4 is 18.2 Å². The van der Waals surface area contributed by atoms with Gasteiger partial charge in [0, 0.05) is 296 Å². The Labute approximate surface area is 814 Å². The highest BCUT2D eigenvalue weighted by molar-refractivity contribution is 5.81. The Hall–Kier alpha value is -3.09. The fourth-order valence-electron chi connectivity index (χ4n) is 15.0. The number of ether oxygens (including phenoxy) is 24. The SMILES string of the molecule is C=CC(=O)OCCOC(=O)NC1CCC(CC2CCC(NC(=O)OCCCCOCCCCOCCCCOCCCCOCCCCOCCCCOCCCCOCCCCOCCCCOCCCCOCCCCOCCCCOCCCCOCCCCOCCCCOCCCCOCCCCOCCCCOCCCCOCCCCOCCCCOC)CC2)CC1. The molecule has 0 radical (unpaired) electrons. The van der Waals surface area contributed by atoms with E-state index in [1.54, 1.807) is 7.11 Å². The van der Waals surface area contributed by atoms with Crippen LogP contribution in [0.1, 0.15) is 327 Å². The zero-order valence-electron chi connectivity index (χ0n) is 85.3. The summed E-state index contributed by atoms with van der Waals surface area (Å²) in [6, 6.07) is 0.292. The topological polar surface area (TPSA) is 297 Å². The zero-order chi connectivity index (χ0) is 95.3. The first kappa shape index (κ1) is 127. The Morgan fingerprint density at radius 3 is 0.478 bits per heavy atom. The Morgan fingerprint density at radius 2 is 0.328 bits per heavy atom. The van der Waals surface area contributed by atoms with Crippen molar-refractivity contribution in [2.75, 3.05) is 298 Å². The van der Waals surface area contributed by atoms with Crippen LogP contribution in [-0.4, -0.2) is 328 Å². The van der Waals surface area contributed by atoms with Gasteiger partial charge in [0.25, 0.3) is 0 Å². The molecule has 0 aliphatic heterocycles. The average molecular weight is 1920 g/mol. The smallest absolute Gasteiger partial charge is 0.407 e. The molecule has 0 aromatic rings. The molecule has 0 heterocycles. The van der Waals surface area contributed by atoms with E-state index in [0.29, 0.717) is 25.0 Å². The lowest BCUT2D eigenvalue weighted by atomic mass is 9.76. The van der Waals surface area contributed by atoms with Crippen molar-refractivity contribution < 1.29 is 128 Å². The van der Waals surface area contributed by atoms with Crippen LogP contribution < -0.4 is 10.6 Å². The van der Waals surface area contributed by atoms with Gasteiger partial charge in [-0.2, -0.15) is 0 Å². The largest absolute Gasteiger partial charge is 0.459 e. The maximum atomic E-state index is 12.4. The van der Waals surface area contributed by atoms with Gasteiger partial charge in [0.2, 0.25) is 0 Å². The first-order chi connectivity index (χ1) is 66.5. The summed E-state index contributed by atoms with van der Waals surface area (Å²) in [5.74, 6) is 0.808. The number of amides is 2. The fourth-order valence-corrected chi connectivity index (χ4v) is 15.0. The van der Waals surface area contributed by atoms with Crippen LogP contribution in [0.5, 0.6) is 0 Å². The summed E-state index contributed by atoms with van der Waals surface area (Å²) in [7, 11) is 1.74. The molecule has 2 aliphatic rings. The second-order valence-electron chi connectivity index (χ2n) is 35.7. The summed E-state index contributed by atoms with van der Waals surface area (Å²) in [6.07, 6.45) is 52.7. The van der Waals surface area contributed by atoms with E-state index in [-0.39, 0.29) is 31.4 Å². The highest BCUT2D eigenvalue weighted by atomic mass is 16.6. The molecule has 2 saturated carbocycles. The maximum absolute atomic E-state index is 12.4. The summed E-state index contributed by atoms with van der Waals surface area (Å²) >= 11 is 0. The molecule has 0 atom stereocenters. The third-order valence-corrected chi connectivity index (χ3v) is 23.3. The van der Waals surface area contributed by atoms with Crippen LogP contribution in [0.15, 0.2) is 12.7 Å². The predicted octanol–water partition coefficient (Wildman–Crippen LogP) is 20.0. The van der Waals surface area contributed by atoms with Crippen LogP contribution in [-0.2, 0) is 118 Å². The lowest BCUT2D eigenvalue weighted by Gasteiger charge is -2.34. The normalized spacial score (nSPS) is 15.2. The van der Waals surface area contributed by atoms with Crippen LogP contribution in [0.3, 0.4) is 0 Å². The lowest BCUT2D eigenvalue weighted by molar-refractivity contribution is -0.138. The number of methoxy groups -OCH3 is 1. The molecule has 0 aromatic heterocycles. The van der Waals surface area contributed by atoms with E-state index in [1.807, 2.05) is 0 Å². The van der Waals surface area contributed by atoms with Crippen molar-refractivity contribution in [2.45, 2.75) is 340 Å². The second-order valence-corrected chi connectivity index (χ2v) is 35.7. The van der Waals surface area contributed by atoms with Crippen molar-refractivity contribution in [2.24, 2.45) is 11.8 Å². The van der Waals surface area contributed by atoms with Crippen LogP contribution in [0.4, 0.5) is 9.59 Å². The number of hydrogen-bond donors (Lipinski definition) is 2. The molecule has 0 unspecified atom stereocenters. The Balaban J connectivity index is 1.09. The summed E-state index contributed by atoms with van der Waals surface area (Å²) in [5.41, 5.74) is 0. The van der Waals surface area contributed by atoms with Gasteiger partial charge in [0.15, 0.2) is 0 Å². The first-order valence-electron chi connectivity index (χ1n) is 54.2. The van der Waals surface area contributed by atoms with E-state index in [4.69, 9.17) is 114 Å². The average Bonchev–Trinajstić information content (AvgIpc) is 0.869. The van der Waals surface area contributed by atoms with Gasteiger partial charge < -0.3 is 124 Å². The maximum Gasteiger partial charge on any atom is 0.407 e. The van der Waals surface area contributed by atoms with Gasteiger partial charge in [-0.3, -0.25) is 0 Å². The van der Waals surface area contributed by atoms with Crippen LogP contribution in [0.2, 0.25) is 0 Å². The van der Waals surface area contributed by atoms with Crippen molar-refractivity contribution in [3.05, 3.63) is 12.7 Å². The minimum absolute atomic E-state index is 0.0145. The molecule has 134 heavy (non-hydrogen) atoms. The molecular weight excluding hydrogens is 1720 g/mol.